The molecule has 9 heteroatoms. The first kappa shape index (κ1) is 21.5. The van der Waals surface area contributed by atoms with Gasteiger partial charge in [-0.05, 0) is 55.0 Å². The fourth-order valence-electron chi connectivity index (χ4n) is 2.27. The minimum Gasteiger partial charge on any atom is -0.494 e. The smallest absolute Gasteiger partial charge is 0.335 e. The van der Waals surface area contributed by atoms with Gasteiger partial charge in [0.1, 0.15) is 5.75 Å². The molecule has 0 aliphatic rings. The first-order valence-electron chi connectivity index (χ1n) is 8.31. The third-order valence-electron chi connectivity index (χ3n) is 3.56. The molecule has 2 rings (SSSR count). The molecule has 2 aromatic rings. The van der Waals surface area contributed by atoms with Crippen LogP contribution in [0.25, 0.3) is 0 Å². The van der Waals surface area contributed by atoms with Gasteiger partial charge in [-0.2, -0.15) is 0 Å². The van der Waals surface area contributed by atoms with E-state index in [9.17, 15) is 9.59 Å². The van der Waals surface area contributed by atoms with Crippen LogP contribution in [0.5, 0.6) is 11.5 Å². The molecule has 2 aromatic carbocycles. The minimum atomic E-state index is -1.16. The average molecular weight is 423 g/mol. The van der Waals surface area contributed by atoms with Crippen LogP contribution < -0.4 is 20.1 Å². The lowest BCUT2D eigenvalue weighted by Gasteiger charge is -2.15. The number of hydrogen-bond donors (Lipinski definition) is 3. The van der Waals surface area contributed by atoms with Crippen LogP contribution >= 0.6 is 23.8 Å². The highest BCUT2D eigenvalue weighted by molar-refractivity contribution is 7.80. The van der Waals surface area contributed by atoms with Gasteiger partial charge in [-0.25, -0.2) is 4.79 Å². The summed E-state index contributed by atoms with van der Waals surface area (Å²) in [7, 11) is 1.39. The summed E-state index contributed by atoms with van der Waals surface area (Å²) in [4.78, 5) is 23.5. The number of nitrogens with one attached hydrogen (secondary N) is 2. The summed E-state index contributed by atoms with van der Waals surface area (Å²) < 4.78 is 10.6. The van der Waals surface area contributed by atoms with E-state index in [1.807, 2.05) is 6.92 Å². The maximum Gasteiger partial charge on any atom is 0.335 e. The number of carboxylic acids is 1. The van der Waals surface area contributed by atoms with Crippen LogP contribution in [0.15, 0.2) is 36.4 Å². The Balaban J connectivity index is 2.09. The zero-order valence-electron chi connectivity index (χ0n) is 15.2. The van der Waals surface area contributed by atoms with Gasteiger partial charge in [0.2, 0.25) is 0 Å². The molecule has 0 aromatic heterocycles. The summed E-state index contributed by atoms with van der Waals surface area (Å²) >= 11 is 11.2. The maximum atomic E-state index is 12.3. The molecule has 0 spiro atoms. The lowest BCUT2D eigenvalue weighted by Crippen LogP contribution is -2.34. The second kappa shape index (κ2) is 9.91. The predicted octanol–water partition coefficient (Wildman–Crippen LogP) is 3.96. The van der Waals surface area contributed by atoms with Crippen molar-refractivity contribution < 1.29 is 24.2 Å². The van der Waals surface area contributed by atoms with Gasteiger partial charge in [-0.15, -0.1) is 0 Å². The molecule has 0 saturated carbocycles. The number of carbonyl (C=O) groups is 2. The number of amides is 1. The van der Waals surface area contributed by atoms with Gasteiger partial charge in [0.25, 0.3) is 5.91 Å². The van der Waals surface area contributed by atoms with Crippen molar-refractivity contribution in [1.82, 2.24) is 5.32 Å². The van der Waals surface area contributed by atoms with E-state index in [-0.39, 0.29) is 27.1 Å². The molecule has 0 saturated heterocycles. The van der Waals surface area contributed by atoms with Gasteiger partial charge >= 0.3 is 5.97 Å². The number of ether oxygens (including phenoxy) is 2. The van der Waals surface area contributed by atoms with Crippen LogP contribution in [0.4, 0.5) is 5.69 Å². The molecule has 0 fully saturated rings. The van der Waals surface area contributed by atoms with E-state index in [1.165, 1.54) is 19.2 Å². The van der Waals surface area contributed by atoms with Crippen LogP contribution in [0.1, 0.15) is 34.1 Å². The topological polar surface area (TPSA) is 96.9 Å². The first-order valence-corrected chi connectivity index (χ1v) is 9.10. The Hall–Kier alpha value is -2.84. The van der Waals surface area contributed by atoms with Crippen molar-refractivity contribution in [3.8, 4) is 11.5 Å². The van der Waals surface area contributed by atoms with Crippen molar-refractivity contribution in [2.75, 3.05) is 19.0 Å². The lowest BCUT2D eigenvalue weighted by molar-refractivity contribution is 0.0696. The molecular formula is C19H19ClN2O5S. The molecule has 0 unspecified atom stereocenters. The molecule has 1 amide bonds. The van der Waals surface area contributed by atoms with Crippen molar-refractivity contribution in [1.29, 1.82) is 0 Å². The normalized spacial score (nSPS) is 10.1. The summed E-state index contributed by atoms with van der Waals surface area (Å²) in [6, 6.07) is 9.19. The summed E-state index contributed by atoms with van der Waals surface area (Å²) in [5.74, 6) is -0.711. The Kier molecular flexibility index (Phi) is 7.60. The number of carboxylic acid groups (broad SMARTS) is 1. The van der Waals surface area contributed by atoms with Crippen LogP contribution in [0.3, 0.4) is 0 Å². The lowest BCUT2D eigenvalue weighted by atomic mass is 10.2. The zero-order valence-corrected chi connectivity index (χ0v) is 16.8. The van der Waals surface area contributed by atoms with Crippen LogP contribution in [0, 0.1) is 0 Å². The summed E-state index contributed by atoms with van der Waals surface area (Å²) in [6.07, 6.45) is 0.888. The minimum absolute atomic E-state index is 0.0341. The van der Waals surface area contributed by atoms with Crippen LogP contribution in [0.2, 0.25) is 5.02 Å². The molecule has 0 heterocycles. The second-order valence-electron chi connectivity index (χ2n) is 5.63. The number of methoxy groups -OCH3 is 1. The van der Waals surface area contributed by atoms with Gasteiger partial charge < -0.3 is 19.9 Å². The van der Waals surface area contributed by atoms with E-state index in [2.05, 4.69) is 10.6 Å². The molecule has 7 nitrogen and oxygen atoms in total. The van der Waals surface area contributed by atoms with E-state index in [0.29, 0.717) is 17.9 Å². The maximum absolute atomic E-state index is 12.3. The van der Waals surface area contributed by atoms with Crippen LogP contribution in [-0.2, 0) is 0 Å². The number of carbonyl (C=O) groups excluding carboxylic acids is 1. The monoisotopic (exact) mass is 422 g/mol. The number of aromatic carboxylic acids is 1. The molecule has 0 bridgehead atoms. The number of thiocarbonyl (C=S) groups is 1. The number of benzene rings is 2. The average Bonchev–Trinajstić information content (AvgIpc) is 2.66. The number of rotatable bonds is 7. The molecule has 0 radical (unpaired) electrons. The van der Waals surface area contributed by atoms with E-state index in [0.717, 1.165) is 6.42 Å². The predicted molar refractivity (Wildman–Crippen MR) is 111 cm³/mol. The van der Waals surface area contributed by atoms with E-state index >= 15 is 0 Å². The molecule has 28 heavy (non-hydrogen) atoms. The summed E-state index contributed by atoms with van der Waals surface area (Å²) in [5, 5.41) is 14.5. The number of halogens is 1. The van der Waals surface area contributed by atoms with E-state index in [4.69, 9.17) is 38.4 Å². The summed E-state index contributed by atoms with van der Waals surface area (Å²) in [5.41, 5.74) is 0.559. The third-order valence-corrected chi connectivity index (χ3v) is 4.04. The fourth-order valence-corrected chi connectivity index (χ4v) is 2.77. The van der Waals surface area contributed by atoms with Crippen molar-refractivity contribution in [2.24, 2.45) is 0 Å². The first-order chi connectivity index (χ1) is 13.3. The van der Waals surface area contributed by atoms with Crippen LogP contribution in [-0.4, -0.2) is 35.8 Å². The Morgan fingerprint density at radius 1 is 1.18 bits per heavy atom. The van der Waals surface area contributed by atoms with Gasteiger partial charge in [-0.3, -0.25) is 10.1 Å². The highest BCUT2D eigenvalue weighted by Crippen LogP contribution is 2.34. The number of anilines is 1. The molecule has 0 atom stereocenters. The van der Waals surface area contributed by atoms with E-state index < -0.39 is 11.9 Å². The van der Waals surface area contributed by atoms with Crippen molar-refractivity contribution in [3.63, 3.8) is 0 Å². The Bertz CT molecular complexity index is 887. The fraction of sp³-hybridized carbons (Fsp3) is 0.211. The Labute approximate surface area is 172 Å². The largest absolute Gasteiger partial charge is 0.494 e. The second-order valence-corrected chi connectivity index (χ2v) is 6.44. The van der Waals surface area contributed by atoms with Gasteiger partial charge in [0.05, 0.1) is 30.0 Å². The van der Waals surface area contributed by atoms with Gasteiger partial charge in [0, 0.05) is 5.56 Å². The molecule has 3 N–H and O–H groups in total. The van der Waals surface area contributed by atoms with Gasteiger partial charge in [-0.1, -0.05) is 18.5 Å². The van der Waals surface area contributed by atoms with Crippen molar-refractivity contribution in [2.45, 2.75) is 13.3 Å². The van der Waals surface area contributed by atoms with Crippen molar-refractivity contribution >= 4 is 46.5 Å². The van der Waals surface area contributed by atoms with Crippen molar-refractivity contribution in [3.05, 3.63) is 52.5 Å². The Morgan fingerprint density at radius 3 is 2.43 bits per heavy atom. The molecule has 148 valence electrons. The highest BCUT2D eigenvalue weighted by atomic mass is 35.5. The zero-order chi connectivity index (χ0) is 20.7. The highest BCUT2D eigenvalue weighted by Gasteiger charge is 2.16. The molecule has 0 aliphatic carbocycles. The third kappa shape index (κ3) is 5.58. The number of hydrogen-bond acceptors (Lipinski definition) is 5. The Morgan fingerprint density at radius 2 is 1.86 bits per heavy atom. The quantitative estimate of drug-likeness (QED) is 0.581. The SMILES string of the molecule is CCCOc1ccc(C(=O)NC(=S)Nc2cc(C(=O)O)cc(Cl)c2OC)cc1. The van der Waals surface area contributed by atoms with Gasteiger partial charge in [0.15, 0.2) is 10.9 Å². The molecule has 0 aliphatic heterocycles. The van der Waals surface area contributed by atoms with E-state index in [1.54, 1.807) is 24.3 Å². The standard InChI is InChI=1S/C19H19ClN2O5S/c1-3-8-27-13-6-4-11(5-7-13)17(23)22-19(28)21-15-10-12(18(24)25)9-14(20)16(15)26-2/h4-7,9-10H,3,8H2,1-2H3,(H,24,25)(H2,21,22,23,28). The molecular weight excluding hydrogens is 404 g/mol. The summed E-state index contributed by atoms with van der Waals surface area (Å²) in [6.45, 7) is 2.60.